The van der Waals surface area contributed by atoms with Gasteiger partial charge in [0.05, 0.1) is 26.4 Å². The van der Waals surface area contributed by atoms with Crippen molar-refractivity contribution < 1.29 is 56.8 Å². The van der Waals surface area contributed by atoms with Crippen LogP contribution in [0, 0.1) is 23.7 Å². The summed E-state index contributed by atoms with van der Waals surface area (Å²) in [5.41, 5.74) is 12.3. The second-order valence-electron chi connectivity index (χ2n) is 33.9. The Bertz CT molecular complexity index is 4340. The highest BCUT2D eigenvalue weighted by Gasteiger charge is 2.29. The number of ether oxygens (including phenoxy) is 12. The average molecular weight is 1630 g/mol. The van der Waals surface area contributed by atoms with E-state index in [2.05, 4.69) is 221 Å². The molecule has 2 saturated carbocycles. The molecule has 13 rings (SSSR count). The van der Waals surface area contributed by atoms with Crippen LogP contribution in [0.2, 0.25) is 0 Å². The number of fused-ring (bicyclic) bond motifs is 4. The van der Waals surface area contributed by atoms with E-state index in [1.807, 2.05) is 91.8 Å². The molecule has 12 nitrogen and oxygen atoms in total. The predicted molar refractivity (Wildman–Crippen MR) is 491 cm³/mol. The highest BCUT2D eigenvalue weighted by molar-refractivity contribution is 5.92. The summed E-state index contributed by atoms with van der Waals surface area (Å²) >= 11 is 0. The third-order valence-corrected chi connectivity index (χ3v) is 25.0. The minimum absolute atomic E-state index is 0.159. The molecule has 9 aromatic carbocycles. The van der Waals surface area contributed by atoms with E-state index in [1.54, 1.807) is 0 Å². The molecular formula is C107H148O12. The second kappa shape index (κ2) is 50.5. The van der Waals surface area contributed by atoms with Crippen LogP contribution in [0.25, 0.3) is 21.5 Å². The Morgan fingerprint density at radius 3 is 1.24 bits per heavy atom. The molecule has 0 radical (unpaired) electrons. The zero-order valence-corrected chi connectivity index (χ0v) is 75.9. The van der Waals surface area contributed by atoms with Crippen molar-refractivity contribution in [3.63, 3.8) is 0 Å². The molecule has 13 unspecified atom stereocenters. The van der Waals surface area contributed by atoms with Crippen molar-refractivity contribution in [2.24, 2.45) is 23.7 Å². The first kappa shape index (κ1) is 94.9. The third-order valence-electron chi connectivity index (χ3n) is 25.0. The predicted octanol–water partition coefficient (Wildman–Crippen LogP) is 28.7. The van der Waals surface area contributed by atoms with Gasteiger partial charge in [0, 0.05) is 24.0 Å². The van der Waals surface area contributed by atoms with Crippen molar-refractivity contribution in [1.29, 1.82) is 0 Å². The zero-order valence-electron chi connectivity index (χ0n) is 75.9. The fourth-order valence-electron chi connectivity index (χ4n) is 16.9. The van der Waals surface area contributed by atoms with Crippen LogP contribution in [0.5, 0.6) is 34.5 Å². The summed E-state index contributed by atoms with van der Waals surface area (Å²) in [5, 5.41) is 4.90. The smallest absolute Gasteiger partial charge is 0.197 e. The molecule has 0 amide bonds. The van der Waals surface area contributed by atoms with Crippen LogP contribution < -0.4 is 28.4 Å². The van der Waals surface area contributed by atoms with Crippen molar-refractivity contribution >= 4 is 21.5 Å². The molecule has 0 heterocycles. The fourth-order valence-corrected chi connectivity index (χ4v) is 16.9. The highest BCUT2D eigenvalue weighted by atomic mass is 16.7. The van der Waals surface area contributed by atoms with Crippen LogP contribution in [0.15, 0.2) is 188 Å². The second-order valence-corrected chi connectivity index (χ2v) is 33.9. The molecule has 0 N–H and O–H groups in total. The molecule has 9 aromatic rings. The van der Waals surface area contributed by atoms with Crippen molar-refractivity contribution in [3.05, 3.63) is 238 Å². The van der Waals surface area contributed by atoms with E-state index >= 15 is 0 Å². The van der Waals surface area contributed by atoms with Crippen LogP contribution in [-0.4, -0.2) is 70.8 Å². The summed E-state index contributed by atoms with van der Waals surface area (Å²) in [4.78, 5) is 0. The molecule has 4 aliphatic carbocycles. The van der Waals surface area contributed by atoms with E-state index in [1.165, 1.54) is 144 Å². The standard InChI is InChI=1S/C24H34O2.C23H26O2.C21H32O2.C21H26O2.C18H30O4/c1-4-18(2)21-12-8-14-23-22(21)13-9-15-24(23)26-19(3)25-17-16-20-10-6-5-7-11-20;1-4-17(2)20-14-15-23(22-13-9-8-12-21(20)22)25-18(3)24-16-19-10-6-5-7-11-19;2*1-15-13-19-14-20(9-10-21(19)16(15)2)23-17(3)22-12-11-18-7-5-4-6-8-18;1-7-13(4)16-10-11-17(21-14(5)19-8-2)18(12-16)22-15(6)20-9-3/h8-9,12-15,18-20H,4-7,10-11,16-17H2,1-3H3;5-15,17-18H,4,16H2,1-3H3;9-10,14-18H,4-8,11-13H2,1-3H3;4-10,14-17H,11-13H2,1-3H3;10-15H,7-9H2,1-6H3. The Kier molecular flexibility index (Phi) is 40.2. The molecule has 12 heteroatoms. The van der Waals surface area contributed by atoms with Crippen molar-refractivity contribution in [2.45, 2.75) is 314 Å². The number of rotatable bonds is 37. The maximum atomic E-state index is 6.16. The fraction of sp³-hybridized carbons (Fsp3) is 0.533. The van der Waals surface area contributed by atoms with E-state index in [4.69, 9.17) is 56.8 Å². The van der Waals surface area contributed by atoms with E-state index < -0.39 is 0 Å². The molecule has 0 bridgehead atoms. The lowest BCUT2D eigenvalue weighted by atomic mass is 9.87. The van der Waals surface area contributed by atoms with Gasteiger partial charge in [-0.25, -0.2) is 0 Å². The first-order chi connectivity index (χ1) is 57.6. The molecule has 0 spiro atoms. The minimum atomic E-state index is -0.318. The Morgan fingerprint density at radius 2 is 0.723 bits per heavy atom. The van der Waals surface area contributed by atoms with Crippen LogP contribution in [-0.2, 0) is 54.3 Å². The van der Waals surface area contributed by atoms with Gasteiger partial charge < -0.3 is 56.8 Å². The summed E-state index contributed by atoms with van der Waals surface area (Å²) in [5.74, 6) is 11.1. The van der Waals surface area contributed by atoms with Crippen molar-refractivity contribution in [2.75, 3.05) is 33.0 Å². The monoisotopic (exact) mass is 1630 g/mol. The summed E-state index contributed by atoms with van der Waals surface area (Å²) in [6, 6.07) is 65.3. The van der Waals surface area contributed by atoms with Crippen LogP contribution in [0.1, 0.15) is 301 Å². The summed E-state index contributed by atoms with van der Waals surface area (Å²) in [7, 11) is 0. The molecule has 13 atom stereocenters. The summed E-state index contributed by atoms with van der Waals surface area (Å²) in [6.07, 6.45) is 21.4. The number of benzene rings is 9. The van der Waals surface area contributed by atoms with Gasteiger partial charge >= 0.3 is 0 Å². The van der Waals surface area contributed by atoms with Crippen LogP contribution in [0.3, 0.4) is 0 Å². The maximum Gasteiger partial charge on any atom is 0.197 e. The lowest BCUT2D eigenvalue weighted by Gasteiger charge is -2.23. The van der Waals surface area contributed by atoms with Crippen molar-refractivity contribution in [3.8, 4) is 34.5 Å². The summed E-state index contributed by atoms with van der Waals surface area (Å²) in [6.45, 7) is 42.3. The lowest BCUT2D eigenvalue weighted by molar-refractivity contribution is -0.0766. The molecular weight excluding hydrogens is 1480 g/mol. The van der Waals surface area contributed by atoms with E-state index in [9.17, 15) is 0 Å². The van der Waals surface area contributed by atoms with E-state index in [0.29, 0.717) is 67.5 Å². The minimum Gasteiger partial charge on any atom is -0.465 e. The average Bonchev–Trinajstić information content (AvgIpc) is 1.79. The molecule has 0 aromatic heterocycles. The molecule has 0 saturated heterocycles. The van der Waals surface area contributed by atoms with E-state index in [-0.39, 0.29) is 37.7 Å². The van der Waals surface area contributed by atoms with Gasteiger partial charge in [-0.05, 0) is 269 Å². The number of hydrogen-bond donors (Lipinski definition) is 0. The molecule has 2 fully saturated rings. The molecule has 0 aliphatic heterocycles. The van der Waals surface area contributed by atoms with Gasteiger partial charge in [-0.1, -0.05) is 273 Å². The Hall–Kier alpha value is -7.94. The lowest BCUT2D eigenvalue weighted by Crippen LogP contribution is -2.19. The first-order valence-corrected chi connectivity index (χ1v) is 45.9. The van der Waals surface area contributed by atoms with Gasteiger partial charge in [-0.15, -0.1) is 0 Å². The molecule has 4 aliphatic rings. The Balaban J connectivity index is 0.000000170. The van der Waals surface area contributed by atoms with Gasteiger partial charge in [-0.2, -0.15) is 0 Å². The topological polar surface area (TPSA) is 111 Å². The third kappa shape index (κ3) is 30.3. The van der Waals surface area contributed by atoms with Gasteiger partial charge in [0.2, 0.25) is 0 Å². The molecule has 119 heavy (non-hydrogen) atoms. The van der Waals surface area contributed by atoms with Gasteiger partial charge in [-0.3, -0.25) is 0 Å². The normalized spacial score (nSPS) is 18.7. The Labute approximate surface area is 717 Å². The van der Waals surface area contributed by atoms with E-state index in [0.717, 1.165) is 103 Å². The van der Waals surface area contributed by atoms with Crippen LogP contribution in [0.4, 0.5) is 0 Å². The SMILES string of the molecule is CC(OCCC1CCCCC1)Oc1ccc2c(c1)CC(C)C2C.CC(OCCc1ccccc1)Oc1ccc2c(c1)CC(C)C2C.CCC(C)c1ccc(OC(C)OCc2ccccc2)c2ccccc12.CCC(C)c1cccc2c(OC(C)OCCC3CCCCC3)cccc12.CCOC(C)Oc1ccc(C(C)CC)cc1OC(C)OCC. The van der Waals surface area contributed by atoms with Gasteiger partial charge in [0.1, 0.15) is 23.0 Å². The van der Waals surface area contributed by atoms with Gasteiger partial charge in [0.15, 0.2) is 49.2 Å². The molecule has 648 valence electrons. The highest BCUT2D eigenvalue weighted by Crippen LogP contribution is 2.42. The number of hydrogen-bond acceptors (Lipinski definition) is 12. The van der Waals surface area contributed by atoms with Crippen molar-refractivity contribution in [1.82, 2.24) is 0 Å². The maximum absolute atomic E-state index is 6.16. The quantitative estimate of drug-likeness (QED) is 0.0346. The van der Waals surface area contributed by atoms with Crippen LogP contribution >= 0.6 is 0 Å². The van der Waals surface area contributed by atoms with Gasteiger partial charge in [0.25, 0.3) is 0 Å². The first-order valence-electron chi connectivity index (χ1n) is 45.9. The Morgan fingerprint density at radius 1 is 0.319 bits per heavy atom. The largest absolute Gasteiger partial charge is 0.465 e. The zero-order chi connectivity index (χ0) is 85.0. The summed E-state index contributed by atoms with van der Waals surface area (Å²) < 4.78 is 70.3.